The van der Waals surface area contributed by atoms with Gasteiger partial charge in [0, 0.05) is 6.42 Å². The lowest BCUT2D eigenvalue weighted by Crippen LogP contribution is -2.66. The van der Waals surface area contributed by atoms with Gasteiger partial charge in [-0.05, 0) is 77.0 Å². The van der Waals surface area contributed by atoms with Crippen molar-refractivity contribution < 1.29 is 89.4 Å². The zero-order valence-corrected chi connectivity index (χ0v) is 58.9. The molecule has 3 saturated heterocycles. The maximum absolute atomic E-state index is 13.4. The first-order valence-electron chi connectivity index (χ1n) is 38.0. The topological polar surface area (TPSA) is 307 Å². The molecule has 0 saturated carbocycles. The van der Waals surface area contributed by atoms with Crippen LogP contribution in [0.4, 0.5) is 0 Å². The Labute approximate surface area is 573 Å². The smallest absolute Gasteiger partial charge is 0.220 e. The van der Waals surface area contributed by atoms with Crippen molar-refractivity contribution in [3.63, 3.8) is 0 Å². The van der Waals surface area contributed by atoms with E-state index in [1.165, 1.54) is 199 Å². The zero-order chi connectivity index (χ0) is 68.9. The van der Waals surface area contributed by atoms with Gasteiger partial charge in [-0.1, -0.05) is 261 Å². The van der Waals surface area contributed by atoms with Crippen LogP contribution in [-0.4, -0.2) is 193 Å². The third-order valence-electron chi connectivity index (χ3n) is 18.8. The van der Waals surface area contributed by atoms with Crippen molar-refractivity contribution in [2.45, 2.75) is 388 Å². The van der Waals surface area contributed by atoms with E-state index in [9.17, 15) is 61.0 Å². The third kappa shape index (κ3) is 38.2. The number of amides is 1. The van der Waals surface area contributed by atoms with Crippen LogP contribution in [0.5, 0.6) is 0 Å². The predicted octanol–water partition coefficient (Wildman–Crippen LogP) is 11.5. The van der Waals surface area contributed by atoms with Gasteiger partial charge in [0.05, 0.1) is 38.6 Å². The minimum atomic E-state index is -1.98. The molecular formula is C76H137NO18. The van der Waals surface area contributed by atoms with Gasteiger partial charge < -0.3 is 89.9 Å². The molecule has 17 unspecified atom stereocenters. The number of allylic oxidation sites excluding steroid dienone is 9. The summed E-state index contributed by atoms with van der Waals surface area (Å²) in [7, 11) is 0. The zero-order valence-electron chi connectivity index (χ0n) is 58.9. The highest BCUT2D eigenvalue weighted by molar-refractivity contribution is 5.76. The summed E-state index contributed by atoms with van der Waals surface area (Å²) in [6.07, 6.45) is 44.9. The molecule has 95 heavy (non-hydrogen) atoms. The fourth-order valence-electron chi connectivity index (χ4n) is 12.6. The van der Waals surface area contributed by atoms with Gasteiger partial charge >= 0.3 is 0 Å². The SMILES string of the molecule is CCCCCCC/C=C\C/C=C\CCCCCCCCCCCCCCCCCCCCCC(=O)NC(COC1OC(CO)C(OC2OC(CO)C(OC3OC(CO)C(O)C(O)C3O)C(O)C2O)C(O)C1O)C(O)/C=C/CC/C=C/CC/C=C/CCCCCCCCCCC. The first-order valence-corrected chi connectivity index (χ1v) is 38.0. The monoisotopic (exact) mass is 1350 g/mol. The van der Waals surface area contributed by atoms with Crippen molar-refractivity contribution in [1.29, 1.82) is 0 Å². The summed E-state index contributed by atoms with van der Waals surface area (Å²) in [5.74, 6) is -0.287. The molecule has 3 heterocycles. The van der Waals surface area contributed by atoms with Crippen LogP contribution in [0.15, 0.2) is 60.8 Å². The van der Waals surface area contributed by atoms with E-state index in [1.54, 1.807) is 6.08 Å². The number of carbonyl (C=O) groups excluding carboxylic acids is 1. The summed E-state index contributed by atoms with van der Waals surface area (Å²) >= 11 is 0. The van der Waals surface area contributed by atoms with Gasteiger partial charge in [-0.2, -0.15) is 0 Å². The van der Waals surface area contributed by atoms with Crippen molar-refractivity contribution in [3.05, 3.63) is 60.8 Å². The highest BCUT2D eigenvalue weighted by atomic mass is 16.8. The van der Waals surface area contributed by atoms with Gasteiger partial charge in [0.15, 0.2) is 18.9 Å². The van der Waals surface area contributed by atoms with Gasteiger partial charge in [0.2, 0.25) is 5.91 Å². The molecule has 0 aromatic carbocycles. The summed E-state index contributed by atoms with van der Waals surface area (Å²) in [6, 6.07) is -0.998. The Morgan fingerprint density at radius 1 is 0.379 bits per heavy atom. The summed E-state index contributed by atoms with van der Waals surface area (Å²) in [6.45, 7) is 1.72. The first kappa shape index (κ1) is 86.7. The number of carbonyl (C=O) groups is 1. The second-order valence-electron chi connectivity index (χ2n) is 27.1. The van der Waals surface area contributed by atoms with Crippen LogP contribution in [0.1, 0.15) is 284 Å². The first-order chi connectivity index (χ1) is 46.3. The van der Waals surface area contributed by atoms with Crippen LogP contribution in [0, 0.1) is 0 Å². The molecule has 3 aliphatic heterocycles. The van der Waals surface area contributed by atoms with E-state index in [0.717, 1.165) is 51.4 Å². The Bertz CT molecular complexity index is 1950. The van der Waals surface area contributed by atoms with Crippen molar-refractivity contribution in [1.82, 2.24) is 5.32 Å². The maximum Gasteiger partial charge on any atom is 0.220 e. The summed E-state index contributed by atoms with van der Waals surface area (Å²) in [5, 5.41) is 121. The molecule has 12 N–H and O–H groups in total. The van der Waals surface area contributed by atoms with Crippen LogP contribution in [0.25, 0.3) is 0 Å². The molecule has 3 rings (SSSR count). The predicted molar refractivity (Wildman–Crippen MR) is 374 cm³/mol. The van der Waals surface area contributed by atoms with Gasteiger partial charge in [-0.3, -0.25) is 4.79 Å². The molecule has 3 aliphatic rings. The number of aliphatic hydroxyl groups excluding tert-OH is 11. The Balaban J connectivity index is 1.39. The minimum Gasteiger partial charge on any atom is -0.394 e. The fraction of sp³-hybridized carbons (Fsp3) is 0.855. The largest absolute Gasteiger partial charge is 0.394 e. The summed E-state index contributed by atoms with van der Waals surface area (Å²) in [5.41, 5.74) is 0. The van der Waals surface area contributed by atoms with Crippen LogP contribution in [0.2, 0.25) is 0 Å². The van der Waals surface area contributed by atoms with Crippen molar-refractivity contribution in [3.8, 4) is 0 Å². The normalized spacial score (nSPS) is 27.5. The Hall–Kier alpha value is -2.51. The maximum atomic E-state index is 13.4. The van der Waals surface area contributed by atoms with Gasteiger partial charge in [0.25, 0.3) is 0 Å². The second kappa shape index (κ2) is 57.2. The molecule has 554 valence electrons. The van der Waals surface area contributed by atoms with Gasteiger partial charge in [-0.15, -0.1) is 0 Å². The average molecular weight is 1350 g/mol. The number of unbranched alkanes of at least 4 members (excludes halogenated alkanes) is 35. The molecule has 0 aliphatic carbocycles. The minimum absolute atomic E-state index is 0.233. The van der Waals surface area contributed by atoms with E-state index >= 15 is 0 Å². The highest BCUT2D eigenvalue weighted by Crippen LogP contribution is 2.33. The number of rotatable bonds is 59. The van der Waals surface area contributed by atoms with E-state index in [4.69, 9.17) is 28.4 Å². The third-order valence-corrected chi connectivity index (χ3v) is 18.8. The molecule has 19 heteroatoms. The molecule has 0 aromatic heterocycles. The van der Waals surface area contributed by atoms with Crippen molar-refractivity contribution in [2.75, 3.05) is 26.4 Å². The fourth-order valence-corrected chi connectivity index (χ4v) is 12.6. The molecule has 0 bridgehead atoms. The van der Waals surface area contributed by atoms with E-state index in [-0.39, 0.29) is 18.9 Å². The molecule has 3 fully saturated rings. The average Bonchev–Trinajstić information content (AvgIpc) is 0.787. The molecule has 17 atom stereocenters. The van der Waals surface area contributed by atoms with Crippen LogP contribution in [0.3, 0.4) is 0 Å². The standard InChI is InChI=1S/C76H137NO18/c1-3-5-7-9-11-13-15-17-19-21-23-24-25-26-27-28-29-30-31-32-33-34-36-38-40-42-44-46-48-50-52-54-64(82)77-59(60(81)53-51-49-47-45-43-41-39-37-35-22-20-18-16-14-12-10-8-6-4-2)58-90-74-70(88)67(85)72(62(56-79)92-74)95-76-71(89)68(86)73(63(57-80)93-76)94-75-69(87)66(84)65(83)61(55-78)91-75/h15,17,21,23,35,37,43,45,51,53,59-63,65-76,78-81,83-89H,3-14,16,18-20,22,24-34,36,38-42,44,46-50,52,54-58H2,1-2H3,(H,77,82)/b17-15-,23-21-,37-35+,45-43+,53-51+. The summed E-state index contributed by atoms with van der Waals surface area (Å²) in [4.78, 5) is 13.4. The molecule has 0 radical (unpaired) electrons. The number of hydrogen-bond donors (Lipinski definition) is 12. The van der Waals surface area contributed by atoms with Gasteiger partial charge in [0.1, 0.15) is 73.2 Å². The van der Waals surface area contributed by atoms with Crippen LogP contribution < -0.4 is 5.32 Å². The van der Waals surface area contributed by atoms with Gasteiger partial charge in [-0.25, -0.2) is 0 Å². The lowest BCUT2D eigenvalue weighted by molar-refractivity contribution is -0.379. The van der Waals surface area contributed by atoms with Crippen LogP contribution >= 0.6 is 0 Å². The van der Waals surface area contributed by atoms with E-state index in [1.807, 2.05) is 6.08 Å². The number of nitrogens with one attached hydrogen (secondary N) is 1. The number of ether oxygens (including phenoxy) is 6. The van der Waals surface area contributed by atoms with Crippen molar-refractivity contribution >= 4 is 5.91 Å². The molecule has 0 aromatic rings. The molecular weight excluding hydrogens is 1210 g/mol. The Morgan fingerprint density at radius 3 is 1.12 bits per heavy atom. The van der Waals surface area contributed by atoms with Crippen molar-refractivity contribution in [2.24, 2.45) is 0 Å². The number of hydrogen-bond acceptors (Lipinski definition) is 18. The van der Waals surface area contributed by atoms with Crippen LogP contribution in [-0.2, 0) is 33.2 Å². The molecule has 1 amide bonds. The summed E-state index contributed by atoms with van der Waals surface area (Å²) < 4.78 is 34.4. The lowest BCUT2D eigenvalue weighted by atomic mass is 9.96. The van der Waals surface area contributed by atoms with E-state index in [0.29, 0.717) is 12.8 Å². The quantitative estimate of drug-likeness (QED) is 0.0199. The lowest BCUT2D eigenvalue weighted by Gasteiger charge is -2.48. The highest BCUT2D eigenvalue weighted by Gasteiger charge is 2.53. The second-order valence-corrected chi connectivity index (χ2v) is 27.1. The molecule has 19 nitrogen and oxygen atoms in total. The van der Waals surface area contributed by atoms with E-state index < -0.39 is 124 Å². The Morgan fingerprint density at radius 2 is 0.705 bits per heavy atom. The number of aliphatic hydroxyl groups is 11. The van der Waals surface area contributed by atoms with E-state index in [2.05, 4.69) is 67.8 Å². The molecule has 0 spiro atoms. The Kier molecular flexibility index (Phi) is 52.2.